The SMILES string of the molecule is CCn1nc(CC2CCN(C)CC2)nc1[C@@H]1CC(=O)N(C2CCCC2)C1. The highest BCUT2D eigenvalue weighted by molar-refractivity contribution is 5.80. The van der Waals surface area contributed by atoms with E-state index >= 15 is 0 Å². The fourth-order valence-corrected chi connectivity index (χ4v) is 5.02. The molecule has 0 spiro atoms. The molecule has 26 heavy (non-hydrogen) atoms. The molecule has 6 heteroatoms. The van der Waals surface area contributed by atoms with Crippen molar-refractivity contribution < 1.29 is 4.79 Å². The molecule has 0 unspecified atom stereocenters. The highest BCUT2D eigenvalue weighted by Gasteiger charge is 2.38. The summed E-state index contributed by atoms with van der Waals surface area (Å²) in [6, 6.07) is 0.476. The van der Waals surface area contributed by atoms with Crippen molar-refractivity contribution in [1.82, 2.24) is 24.6 Å². The Kier molecular flexibility index (Phi) is 5.30. The van der Waals surface area contributed by atoms with E-state index in [-0.39, 0.29) is 5.92 Å². The zero-order chi connectivity index (χ0) is 18.1. The van der Waals surface area contributed by atoms with E-state index in [1.165, 1.54) is 51.6 Å². The van der Waals surface area contributed by atoms with Gasteiger partial charge < -0.3 is 9.80 Å². The van der Waals surface area contributed by atoms with Crippen molar-refractivity contribution in [3.63, 3.8) is 0 Å². The minimum Gasteiger partial charge on any atom is -0.339 e. The molecule has 6 nitrogen and oxygen atoms in total. The van der Waals surface area contributed by atoms with Crippen molar-refractivity contribution in [3.05, 3.63) is 11.6 Å². The van der Waals surface area contributed by atoms with Crippen LogP contribution in [0.5, 0.6) is 0 Å². The summed E-state index contributed by atoms with van der Waals surface area (Å²) in [5, 5.41) is 4.80. The van der Waals surface area contributed by atoms with E-state index < -0.39 is 0 Å². The summed E-state index contributed by atoms with van der Waals surface area (Å²) >= 11 is 0. The van der Waals surface area contributed by atoms with Crippen LogP contribution in [0.4, 0.5) is 0 Å². The van der Waals surface area contributed by atoms with Gasteiger partial charge in [-0.3, -0.25) is 4.79 Å². The van der Waals surface area contributed by atoms with Crippen LogP contribution in [0.2, 0.25) is 0 Å². The second-order valence-electron chi connectivity index (χ2n) is 8.54. The molecule has 1 aromatic rings. The summed E-state index contributed by atoms with van der Waals surface area (Å²) in [5.41, 5.74) is 0. The van der Waals surface area contributed by atoms with Crippen molar-refractivity contribution in [2.75, 3.05) is 26.7 Å². The number of carbonyl (C=O) groups is 1. The Balaban J connectivity index is 1.44. The van der Waals surface area contributed by atoms with Gasteiger partial charge in [-0.2, -0.15) is 5.10 Å². The fraction of sp³-hybridized carbons (Fsp3) is 0.850. The van der Waals surface area contributed by atoms with Crippen molar-refractivity contribution in [2.45, 2.75) is 76.8 Å². The number of nitrogens with zero attached hydrogens (tertiary/aromatic N) is 5. The smallest absolute Gasteiger partial charge is 0.223 e. The Bertz CT molecular complexity index is 628. The number of hydrogen-bond acceptors (Lipinski definition) is 4. The van der Waals surface area contributed by atoms with Crippen LogP contribution >= 0.6 is 0 Å². The van der Waals surface area contributed by atoms with Crippen molar-refractivity contribution in [2.24, 2.45) is 5.92 Å². The molecule has 0 aromatic carbocycles. The maximum Gasteiger partial charge on any atom is 0.223 e. The zero-order valence-corrected chi connectivity index (χ0v) is 16.4. The van der Waals surface area contributed by atoms with Crippen LogP contribution < -0.4 is 0 Å². The molecule has 3 aliphatic rings. The van der Waals surface area contributed by atoms with Gasteiger partial charge in [0.25, 0.3) is 0 Å². The molecule has 1 saturated carbocycles. The molecule has 1 atom stereocenters. The van der Waals surface area contributed by atoms with Gasteiger partial charge in [0.2, 0.25) is 5.91 Å². The number of aromatic nitrogens is 3. The summed E-state index contributed by atoms with van der Waals surface area (Å²) in [6.45, 7) is 6.17. The van der Waals surface area contributed by atoms with Crippen LogP contribution in [0.15, 0.2) is 0 Å². The number of amides is 1. The standard InChI is InChI=1S/C20H33N5O/c1-3-25-20(16-13-19(26)24(14-16)17-6-4-5-7-17)21-18(22-25)12-15-8-10-23(2)11-9-15/h15-17H,3-14H2,1-2H3/t16-/m1/s1. The average Bonchev–Trinajstić information content (AvgIpc) is 3.36. The predicted octanol–water partition coefficient (Wildman–Crippen LogP) is 2.44. The molecule has 3 fully saturated rings. The number of rotatable bonds is 5. The maximum atomic E-state index is 12.6. The van der Waals surface area contributed by atoms with Crippen LogP contribution in [-0.2, 0) is 17.8 Å². The maximum absolute atomic E-state index is 12.6. The molecule has 4 rings (SSSR count). The van der Waals surface area contributed by atoms with Gasteiger partial charge in [0.05, 0.1) is 0 Å². The van der Waals surface area contributed by atoms with Gasteiger partial charge in [-0.1, -0.05) is 12.8 Å². The normalized spacial score (nSPS) is 26.3. The quantitative estimate of drug-likeness (QED) is 0.810. The van der Waals surface area contributed by atoms with Crippen LogP contribution in [0, 0.1) is 5.92 Å². The molecule has 1 aromatic heterocycles. The van der Waals surface area contributed by atoms with Crippen LogP contribution in [0.1, 0.15) is 69.4 Å². The number of hydrogen-bond donors (Lipinski definition) is 0. The molecule has 0 bridgehead atoms. The third-order valence-corrected chi connectivity index (χ3v) is 6.64. The van der Waals surface area contributed by atoms with E-state index in [1.807, 2.05) is 0 Å². The Labute approximate surface area is 156 Å². The van der Waals surface area contributed by atoms with Gasteiger partial charge in [-0.15, -0.1) is 0 Å². The molecule has 3 heterocycles. The lowest BCUT2D eigenvalue weighted by molar-refractivity contribution is -0.129. The Morgan fingerprint density at radius 2 is 1.85 bits per heavy atom. The first-order chi connectivity index (χ1) is 12.6. The third kappa shape index (κ3) is 3.66. The molecule has 1 aliphatic carbocycles. The molecule has 2 saturated heterocycles. The number of aryl methyl sites for hydroxylation is 1. The van der Waals surface area contributed by atoms with E-state index in [1.54, 1.807) is 0 Å². The fourth-order valence-electron chi connectivity index (χ4n) is 5.02. The lowest BCUT2D eigenvalue weighted by Crippen LogP contribution is -2.34. The summed E-state index contributed by atoms with van der Waals surface area (Å²) in [7, 11) is 2.20. The lowest BCUT2D eigenvalue weighted by atomic mass is 9.93. The highest BCUT2D eigenvalue weighted by atomic mass is 16.2. The summed E-state index contributed by atoms with van der Waals surface area (Å²) < 4.78 is 2.06. The van der Waals surface area contributed by atoms with Gasteiger partial charge >= 0.3 is 0 Å². The van der Waals surface area contributed by atoms with Crippen LogP contribution in [0.25, 0.3) is 0 Å². The monoisotopic (exact) mass is 359 g/mol. The van der Waals surface area contributed by atoms with Gasteiger partial charge in [0.1, 0.15) is 5.82 Å². The highest BCUT2D eigenvalue weighted by Crippen LogP contribution is 2.33. The van der Waals surface area contributed by atoms with E-state index in [2.05, 4.69) is 28.5 Å². The molecule has 0 N–H and O–H groups in total. The first kappa shape index (κ1) is 18.0. The van der Waals surface area contributed by atoms with E-state index in [4.69, 9.17) is 10.1 Å². The minimum absolute atomic E-state index is 0.224. The second kappa shape index (κ2) is 7.67. The number of likely N-dealkylation sites (tertiary alicyclic amines) is 2. The lowest BCUT2D eigenvalue weighted by Gasteiger charge is -2.28. The molecule has 144 valence electrons. The Morgan fingerprint density at radius 3 is 2.54 bits per heavy atom. The van der Waals surface area contributed by atoms with Gasteiger partial charge in [-0.05, 0) is 58.7 Å². The summed E-state index contributed by atoms with van der Waals surface area (Å²) in [6.07, 6.45) is 8.98. The van der Waals surface area contributed by atoms with Crippen LogP contribution in [0.3, 0.4) is 0 Å². The third-order valence-electron chi connectivity index (χ3n) is 6.64. The molecular formula is C20H33N5O. The second-order valence-corrected chi connectivity index (χ2v) is 8.54. The van der Waals surface area contributed by atoms with Crippen molar-refractivity contribution in [3.8, 4) is 0 Å². The minimum atomic E-state index is 0.224. The Hall–Kier alpha value is -1.43. The van der Waals surface area contributed by atoms with E-state index in [0.29, 0.717) is 24.3 Å². The molecular weight excluding hydrogens is 326 g/mol. The molecule has 2 aliphatic heterocycles. The van der Waals surface area contributed by atoms with Gasteiger partial charge in [-0.25, -0.2) is 9.67 Å². The number of carbonyl (C=O) groups excluding carboxylic acids is 1. The first-order valence-corrected chi connectivity index (χ1v) is 10.6. The van der Waals surface area contributed by atoms with Crippen molar-refractivity contribution in [1.29, 1.82) is 0 Å². The van der Waals surface area contributed by atoms with E-state index in [0.717, 1.165) is 31.2 Å². The molecule has 1 amide bonds. The van der Waals surface area contributed by atoms with Gasteiger partial charge in [0.15, 0.2) is 5.82 Å². The van der Waals surface area contributed by atoms with E-state index in [9.17, 15) is 4.79 Å². The summed E-state index contributed by atoms with van der Waals surface area (Å²) in [5.74, 6) is 3.28. The first-order valence-electron chi connectivity index (χ1n) is 10.6. The predicted molar refractivity (Wildman–Crippen MR) is 101 cm³/mol. The Morgan fingerprint density at radius 1 is 1.12 bits per heavy atom. The largest absolute Gasteiger partial charge is 0.339 e. The topological polar surface area (TPSA) is 54.3 Å². The van der Waals surface area contributed by atoms with Gasteiger partial charge in [0, 0.05) is 37.9 Å². The van der Waals surface area contributed by atoms with Crippen LogP contribution in [-0.4, -0.2) is 63.2 Å². The molecule has 0 radical (unpaired) electrons. The number of piperidine rings is 1. The zero-order valence-electron chi connectivity index (χ0n) is 16.4. The van der Waals surface area contributed by atoms with Crippen molar-refractivity contribution >= 4 is 5.91 Å². The average molecular weight is 360 g/mol. The summed E-state index contributed by atoms with van der Waals surface area (Å²) in [4.78, 5) is 22.0.